The second kappa shape index (κ2) is 4.81. The normalized spacial score (nSPS) is 10.6. The Morgan fingerprint density at radius 1 is 1.38 bits per heavy atom. The first-order chi connectivity index (χ1) is 7.79. The Morgan fingerprint density at radius 2 is 2.25 bits per heavy atom. The smallest absolute Gasteiger partial charge is 0.138 e. The lowest BCUT2D eigenvalue weighted by Gasteiger charge is -2.04. The topological polar surface area (TPSA) is 72.3 Å². The summed E-state index contributed by atoms with van der Waals surface area (Å²) in [6.07, 6.45) is 4.68. The van der Waals surface area contributed by atoms with Crippen LogP contribution in [-0.2, 0) is 19.4 Å². The molecule has 0 radical (unpaired) electrons. The van der Waals surface area contributed by atoms with Gasteiger partial charge in [0, 0.05) is 24.2 Å². The van der Waals surface area contributed by atoms with Gasteiger partial charge in [0.25, 0.3) is 0 Å². The van der Waals surface area contributed by atoms with Crippen LogP contribution in [0.5, 0.6) is 5.75 Å². The van der Waals surface area contributed by atoms with E-state index in [9.17, 15) is 5.11 Å². The molecule has 0 atom stereocenters. The van der Waals surface area contributed by atoms with Crippen molar-refractivity contribution in [3.63, 3.8) is 0 Å². The van der Waals surface area contributed by atoms with Gasteiger partial charge >= 0.3 is 0 Å². The predicted molar refractivity (Wildman–Crippen MR) is 59.9 cm³/mol. The van der Waals surface area contributed by atoms with Crippen LogP contribution >= 0.6 is 0 Å². The molecule has 0 aliphatic heterocycles. The second-order valence-corrected chi connectivity index (χ2v) is 3.59. The highest BCUT2D eigenvalue weighted by molar-refractivity contribution is 5.31. The van der Waals surface area contributed by atoms with Gasteiger partial charge in [-0.05, 0) is 24.6 Å². The molecule has 4 heteroatoms. The van der Waals surface area contributed by atoms with Crippen molar-refractivity contribution in [3.8, 4) is 5.75 Å². The maximum absolute atomic E-state index is 9.43. The summed E-state index contributed by atoms with van der Waals surface area (Å²) in [5.41, 5.74) is 7.14. The summed E-state index contributed by atoms with van der Waals surface area (Å²) < 4.78 is 5.23. The Hall–Kier alpha value is -1.81. The summed E-state index contributed by atoms with van der Waals surface area (Å²) in [5, 5.41) is 9.43. The van der Waals surface area contributed by atoms with Crippen molar-refractivity contribution in [2.45, 2.75) is 19.4 Å². The molecule has 0 spiro atoms. The van der Waals surface area contributed by atoms with Crippen LogP contribution in [0.4, 0.5) is 0 Å². The average Bonchev–Trinajstić information content (AvgIpc) is 2.81. The fourth-order valence-corrected chi connectivity index (χ4v) is 1.55. The molecule has 0 aliphatic rings. The quantitative estimate of drug-likeness (QED) is 0.818. The Morgan fingerprint density at radius 3 is 2.94 bits per heavy atom. The van der Waals surface area contributed by atoms with Gasteiger partial charge in [-0.25, -0.2) is 0 Å². The number of hydrogen-bond acceptors (Lipinski definition) is 4. The number of aromatic hydroxyl groups is 1. The van der Waals surface area contributed by atoms with Gasteiger partial charge in [0.15, 0.2) is 0 Å². The van der Waals surface area contributed by atoms with E-state index in [-0.39, 0.29) is 5.75 Å². The van der Waals surface area contributed by atoms with E-state index < -0.39 is 0 Å². The van der Waals surface area contributed by atoms with E-state index in [4.69, 9.17) is 10.2 Å². The number of nitrogens with zero attached hydrogens (tertiary/aromatic N) is 1. The molecule has 3 N–H and O–H groups in total. The van der Waals surface area contributed by atoms with E-state index >= 15 is 0 Å². The molecule has 0 aliphatic carbocycles. The van der Waals surface area contributed by atoms with Crippen LogP contribution in [0.1, 0.15) is 17.0 Å². The first kappa shape index (κ1) is 10.7. The summed E-state index contributed by atoms with van der Waals surface area (Å²) in [6.45, 7) is 0.322. The number of aryl methyl sites for hydroxylation is 2. The van der Waals surface area contributed by atoms with Crippen LogP contribution in [0, 0.1) is 0 Å². The first-order valence-corrected chi connectivity index (χ1v) is 5.19. The number of nitrogens with two attached hydrogens (primary N) is 1. The molecule has 4 nitrogen and oxygen atoms in total. The van der Waals surface area contributed by atoms with Crippen LogP contribution in [0.15, 0.2) is 35.1 Å². The van der Waals surface area contributed by atoms with Crippen molar-refractivity contribution in [1.82, 2.24) is 4.98 Å². The Bertz CT molecular complexity index is 452. The number of pyridine rings is 1. The summed E-state index contributed by atoms with van der Waals surface area (Å²) in [4.78, 5) is 4.14. The zero-order valence-electron chi connectivity index (χ0n) is 8.89. The van der Waals surface area contributed by atoms with Gasteiger partial charge in [-0.15, -0.1) is 0 Å². The average molecular weight is 218 g/mol. The summed E-state index contributed by atoms with van der Waals surface area (Å²) in [6, 6.07) is 5.63. The Balaban J connectivity index is 2.04. The van der Waals surface area contributed by atoms with Crippen molar-refractivity contribution in [2.24, 2.45) is 5.73 Å². The molecule has 0 saturated carbocycles. The van der Waals surface area contributed by atoms with Gasteiger partial charge in [0.05, 0.1) is 12.5 Å². The van der Waals surface area contributed by atoms with Crippen LogP contribution in [0.25, 0.3) is 0 Å². The maximum Gasteiger partial charge on any atom is 0.138 e. The molecule has 2 heterocycles. The summed E-state index contributed by atoms with van der Waals surface area (Å²) in [7, 11) is 0. The number of hydrogen-bond donors (Lipinski definition) is 2. The number of furan rings is 1. The first-order valence-electron chi connectivity index (χ1n) is 5.19. The van der Waals surface area contributed by atoms with E-state index in [1.807, 2.05) is 18.2 Å². The summed E-state index contributed by atoms with van der Waals surface area (Å²) in [5.74, 6) is 1.09. The number of aromatic nitrogens is 1. The molecule has 16 heavy (non-hydrogen) atoms. The monoisotopic (exact) mass is 218 g/mol. The second-order valence-electron chi connectivity index (χ2n) is 3.59. The molecule has 0 fully saturated rings. The fourth-order valence-electron chi connectivity index (χ4n) is 1.55. The highest BCUT2D eigenvalue weighted by atomic mass is 16.3. The van der Waals surface area contributed by atoms with Crippen LogP contribution in [0.2, 0.25) is 0 Å². The zero-order valence-corrected chi connectivity index (χ0v) is 8.89. The van der Waals surface area contributed by atoms with E-state index in [2.05, 4.69) is 4.98 Å². The van der Waals surface area contributed by atoms with Crippen molar-refractivity contribution in [1.29, 1.82) is 0 Å². The molecule has 0 unspecified atom stereocenters. The van der Waals surface area contributed by atoms with E-state index in [1.54, 1.807) is 6.26 Å². The molecule has 0 bridgehead atoms. The lowest BCUT2D eigenvalue weighted by atomic mass is 10.1. The van der Waals surface area contributed by atoms with Gasteiger partial charge in [-0.1, -0.05) is 0 Å². The minimum atomic E-state index is 0.157. The van der Waals surface area contributed by atoms with Crippen molar-refractivity contribution in [3.05, 3.63) is 47.7 Å². The molecule has 0 aromatic carbocycles. The van der Waals surface area contributed by atoms with E-state index in [1.165, 1.54) is 6.20 Å². The number of rotatable bonds is 4. The van der Waals surface area contributed by atoms with E-state index in [0.29, 0.717) is 6.54 Å². The maximum atomic E-state index is 9.43. The van der Waals surface area contributed by atoms with E-state index in [0.717, 1.165) is 29.9 Å². The lowest BCUT2D eigenvalue weighted by Crippen LogP contribution is -2.00. The predicted octanol–water partition coefficient (Wildman–Crippen LogP) is 1.62. The molecule has 2 rings (SSSR count). The lowest BCUT2D eigenvalue weighted by molar-refractivity contribution is 0.464. The molecular weight excluding hydrogens is 204 g/mol. The molecule has 0 saturated heterocycles. The fraction of sp³-hybridized carbons (Fsp3) is 0.250. The third-order valence-corrected chi connectivity index (χ3v) is 2.45. The van der Waals surface area contributed by atoms with Gasteiger partial charge in [-0.2, -0.15) is 0 Å². The van der Waals surface area contributed by atoms with Gasteiger partial charge in [0.2, 0.25) is 0 Å². The third kappa shape index (κ3) is 2.41. The molecule has 0 amide bonds. The Kier molecular flexibility index (Phi) is 3.22. The van der Waals surface area contributed by atoms with Crippen molar-refractivity contribution >= 4 is 0 Å². The molecule has 84 valence electrons. The van der Waals surface area contributed by atoms with Crippen molar-refractivity contribution in [2.75, 3.05) is 0 Å². The van der Waals surface area contributed by atoms with Gasteiger partial charge < -0.3 is 15.3 Å². The largest absolute Gasteiger partial charge is 0.506 e. The van der Waals surface area contributed by atoms with Crippen LogP contribution < -0.4 is 5.73 Å². The zero-order chi connectivity index (χ0) is 11.4. The Labute approximate surface area is 93.7 Å². The molecule has 2 aromatic rings. The standard InChI is InChI=1S/C12H14N2O2/c13-7-9-6-10(14-8-12(9)15)3-4-11-2-1-5-16-11/h1-2,5-6,8,15H,3-4,7,13H2. The minimum absolute atomic E-state index is 0.157. The highest BCUT2D eigenvalue weighted by Gasteiger charge is 2.03. The van der Waals surface area contributed by atoms with Crippen molar-refractivity contribution < 1.29 is 9.52 Å². The van der Waals surface area contributed by atoms with Crippen LogP contribution in [0.3, 0.4) is 0 Å². The SMILES string of the molecule is NCc1cc(CCc2ccco2)ncc1O. The van der Waals surface area contributed by atoms with Gasteiger partial charge in [0.1, 0.15) is 11.5 Å². The molecule has 2 aromatic heterocycles. The molecular formula is C12H14N2O2. The van der Waals surface area contributed by atoms with Crippen LogP contribution in [-0.4, -0.2) is 10.1 Å². The summed E-state index contributed by atoms with van der Waals surface area (Å²) >= 11 is 0. The minimum Gasteiger partial charge on any atom is -0.506 e. The highest BCUT2D eigenvalue weighted by Crippen LogP contribution is 2.16. The third-order valence-electron chi connectivity index (χ3n) is 2.45. The van der Waals surface area contributed by atoms with Gasteiger partial charge in [-0.3, -0.25) is 4.98 Å².